The fourth-order valence-electron chi connectivity index (χ4n) is 4.09. The number of nitrogens with zero attached hydrogens (tertiary/aromatic N) is 3. The molecule has 3 rings (SSSR count). The molecule has 0 saturated carbocycles. The molecule has 3 aromatic rings. The van der Waals surface area contributed by atoms with Crippen molar-refractivity contribution in [3.63, 3.8) is 0 Å². The molecule has 0 atom stereocenters. The van der Waals surface area contributed by atoms with Crippen LogP contribution in [0.15, 0.2) is 65.9 Å². The number of nitrogens with one attached hydrogen (secondary N) is 3. The summed E-state index contributed by atoms with van der Waals surface area (Å²) in [6, 6.07) is 13.6. The van der Waals surface area contributed by atoms with Crippen molar-refractivity contribution < 1.29 is 37.0 Å². The normalized spacial score (nSPS) is 12.0. The summed E-state index contributed by atoms with van der Waals surface area (Å²) in [6.45, 7) is 8.05. The average molecular weight is 645 g/mol. The number of alkyl carbamates (subject to hydrolysis) is 1. The largest absolute Gasteiger partial charge is 0.494 e. The Morgan fingerprint density at radius 1 is 0.804 bits per heavy atom. The van der Waals surface area contributed by atoms with Crippen LogP contribution in [0.25, 0.3) is 0 Å². The van der Waals surface area contributed by atoms with E-state index >= 15 is 0 Å². The van der Waals surface area contributed by atoms with Crippen LogP contribution in [0.2, 0.25) is 0 Å². The van der Waals surface area contributed by atoms with Gasteiger partial charge in [-0.15, -0.1) is 0 Å². The zero-order valence-electron chi connectivity index (χ0n) is 26.2. The summed E-state index contributed by atoms with van der Waals surface area (Å²) in [6.07, 6.45) is -1.10. The maximum atomic E-state index is 13.0. The summed E-state index contributed by atoms with van der Waals surface area (Å²) >= 11 is 0. The van der Waals surface area contributed by atoms with Crippen LogP contribution >= 0.6 is 0 Å². The van der Waals surface area contributed by atoms with Gasteiger partial charge in [-0.1, -0.05) is 0 Å². The number of hydrogen-bond donors (Lipinski definition) is 3. The summed E-state index contributed by atoms with van der Waals surface area (Å²) < 4.78 is 58.7. The minimum atomic E-state index is -5.09. The Balaban J connectivity index is 1.51. The van der Waals surface area contributed by atoms with Crippen LogP contribution in [0, 0.1) is 10.8 Å². The first-order chi connectivity index (χ1) is 21.6. The molecule has 14 heteroatoms. The molecule has 1 aromatic heterocycles. The number of aromatic nitrogens is 2. The third kappa shape index (κ3) is 11.6. The van der Waals surface area contributed by atoms with E-state index in [4.69, 9.17) is 25.0 Å². The fourth-order valence-corrected chi connectivity index (χ4v) is 4.09. The highest BCUT2D eigenvalue weighted by atomic mass is 19.4. The number of rotatable bonds is 13. The van der Waals surface area contributed by atoms with E-state index in [1.54, 1.807) is 88.6 Å². The Kier molecular flexibility index (Phi) is 12.3. The van der Waals surface area contributed by atoms with Crippen LogP contribution in [0.1, 0.15) is 58.1 Å². The number of unbranched alkanes of at least 4 members (excludes halogenated alkanes) is 1. The molecule has 46 heavy (non-hydrogen) atoms. The Hall–Kier alpha value is -4.88. The molecule has 0 aliphatic carbocycles. The number of halogens is 3. The van der Waals surface area contributed by atoms with Crippen LogP contribution in [0.5, 0.6) is 11.5 Å². The maximum Gasteiger partial charge on any atom is 0.473 e. The van der Waals surface area contributed by atoms with Gasteiger partial charge in [-0.2, -0.15) is 18.2 Å². The summed E-state index contributed by atoms with van der Waals surface area (Å²) in [7, 11) is 0. The van der Waals surface area contributed by atoms with E-state index in [1.807, 2.05) is 0 Å². The van der Waals surface area contributed by atoms with Crippen LogP contribution in [-0.4, -0.2) is 57.7 Å². The highest BCUT2D eigenvalue weighted by Gasteiger charge is 2.38. The van der Waals surface area contributed by atoms with Crippen molar-refractivity contribution >= 4 is 23.5 Å². The standard InChI is InChI=1S/C32H39F3N6O5/c1-22(36)23-8-12-25(13-9-23)45-21-7-17-41-19-18-40(29(41)39-28(42)32(33,34)35)16-5-6-20-44-26-14-10-24(11-15-26)27(37)38-30(43)46-31(2,3)4/h8-15,18-19,36H,5-7,16-17,20-21H2,1-4H3,(H2,37,38,43). The number of carbonyl (C=O) groups excluding carboxylic acids is 2. The lowest BCUT2D eigenvalue weighted by Crippen LogP contribution is -2.36. The molecule has 3 N–H and O–H groups in total. The van der Waals surface area contributed by atoms with Crippen molar-refractivity contribution in [2.45, 2.75) is 71.8 Å². The van der Waals surface area contributed by atoms with E-state index in [0.29, 0.717) is 55.2 Å². The van der Waals surface area contributed by atoms with Gasteiger partial charge in [0.25, 0.3) is 0 Å². The van der Waals surface area contributed by atoms with Crippen LogP contribution in [0.3, 0.4) is 0 Å². The topological polar surface area (TPSA) is 144 Å². The molecule has 0 saturated heterocycles. The van der Waals surface area contributed by atoms with E-state index < -0.39 is 23.8 Å². The van der Waals surface area contributed by atoms with Crippen molar-refractivity contribution in [3.8, 4) is 11.5 Å². The van der Waals surface area contributed by atoms with Crippen LogP contribution in [0.4, 0.5) is 18.0 Å². The van der Waals surface area contributed by atoms with Crippen LogP contribution < -0.4 is 20.4 Å². The highest BCUT2D eigenvalue weighted by molar-refractivity contribution is 6.04. The van der Waals surface area contributed by atoms with E-state index in [9.17, 15) is 22.8 Å². The number of ether oxygens (including phenoxy) is 3. The first kappa shape index (κ1) is 35.6. The third-order valence-corrected chi connectivity index (χ3v) is 6.31. The Labute approximate surface area is 265 Å². The van der Waals surface area contributed by atoms with E-state index in [1.165, 1.54) is 9.13 Å². The zero-order valence-corrected chi connectivity index (χ0v) is 26.2. The molecule has 0 unspecified atom stereocenters. The van der Waals surface area contributed by atoms with Crippen molar-refractivity contribution in [3.05, 3.63) is 77.7 Å². The first-order valence-corrected chi connectivity index (χ1v) is 14.6. The van der Waals surface area contributed by atoms with Gasteiger partial charge in [0.15, 0.2) is 0 Å². The fraction of sp³-hybridized carbons (Fsp3) is 0.406. The zero-order chi connectivity index (χ0) is 33.9. The van der Waals surface area contributed by atoms with E-state index in [0.717, 1.165) is 5.56 Å². The molecule has 0 aliphatic heterocycles. The number of carbonyl (C=O) groups is 2. The van der Waals surface area contributed by atoms with Gasteiger partial charge in [0, 0.05) is 36.8 Å². The molecule has 0 radical (unpaired) electrons. The van der Waals surface area contributed by atoms with Gasteiger partial charge in [0.1, 0.15) is 22.9 Å². The van der Waals surface area contributed by atoms with Gasteiger partial charge in [0.2, 0.25) is 5.62 Å². The second-order valence-electron chi connectivity index (χ2n) is 11.3. The highest BCUT2D eigenvalue weighted by Crippen LogP contribution is 2.17. The number of imidazole rings is 1. The second kappa shape index (κ2) is 15.9. The van der Waals surface area contributed by atoms with Gasteiger partial charge in [-0.3, -0.25) is 15.5 Å². The van der Waals surface area contributed by atoms with Gasteiger partial charge < -0.3 is 28.8 Å². The molecule has 2 aromatic carbocycles. The predicted molar refractivity (Wildman–Crippen MR) is 165 cm³/mol. The number of amidine groups is 1. The van der Waals surface area contributed by atoms with Crippen molar-refractivity contribution in [1.29, 1.82) is 10.8 Å². The number of hydrogen-bond acceptors (Lipinski definition) is 7. The Bertz CT molecular complexity index is 1570. The molecular weight excluding hydrogens is 605 g/mol. The van der Waals surface area contributed by atoms with Gasteiger partial charge >= 0.3 is 18.2 Å². The van der Waals surface area contributed by atoms with Crippen LogP contribution in [-0.2, 0) is 22.6 Å². The Morgan fingerprint density at radius 2 is 1.30 bits per heavy atom. The van der Waals surface area contributed by atoms with Crippen molar-refractivity contribution in [1.82, 2.24) is 14.5 Å². The number of aryl methyl sites for hydroxylation is 2. The first-order valence-electron chi connectivity index (χ1n) is 14.6. The summed E-state index contributed by atoms with van der Waals surface area (Å²) in [5.41, 5.74) is 0.881. The number of alkyl halides is 3. The van der Waals surface area contributed by atoms with Gasteiger partial charge in [-0.05, 0) is 101 Å². The van der Waals surface area contributed by atoms with Crippen molar-refractivity contribution in [2.24, 2.45) is 4.99 Å². The number of benzene rings is 2. The summed E-state index contributed by atoms with van der Waals surface area (Å²) in [4.78, 5) is 27.0. The molecule has 1 heterocycles. The molecule has 0 fully saturated rings. The SMILES string of the molecule is CC(=N)c1ccc(OCCCn2ccn(CCCCOc3ccc(C(=N)NC(=O)OC(C)(C)C)cc3)c2=NC(=O)C(F)(F)F)cc1. The lowest BCUT2D eigenvalue weighted by Gasteiger charge is -2.19. The third-order valence-electron chi connectivity index (χ3n) is 6.31. The van der Waals surface area contributed by atoms with E-state index in [-0.39, 0.29) is 24.6 Å². The lowest BCUT2D eigenvalue weighted by atomic mass is 10.1. The number of amides is 2. The minimum absolute atomic E-state index is 0.105. The molecule has 0 spiro atoms. The molecule has 11 nitrogen and oxygen atoms in total. The summed E-state index contributed by atoms with van der Waals surface area (Å²) in [5, 5.41) is 18.1. The molecular formula is C32H39F3N6O5. The van der Waals surface area contributed by atoms with Gasteiger partial charge in [-0.25, -0.2) is 4.79 Å². The molecule has 0 aliphatic rings. The molecule has 0 bridgehead atoms. The molecule has 2 amide bonds. The monoisotopic (exact) mass is 644 g/mol. The second-order valence-corrected chi connectivity index (χ2v) is 11.3. The maximum absolute atomic E-state index is 13.0. The Morgan fingerprint density at radius 3 is 1.80 bits per heavy atom. The quantitative estimate of drug-likeness (QED) is 0.122. The molecule has 248 valence electrons. The lowest BCUT2D eigenvalue weighted by molar-refractivity contribution is -0.169. The van der Waals surface area contributed by atoms with Crippen molar-refractivity contribution in [2.75, 3.05) is 13.2 Å². The predicted octanol–water partition coefficient (Wildman–Crippen LogP) is 5.85. The smallest absolute Gasteiger partial charge is 0.473 e. The van der Waals surface area contributed by atoms with Gasteiger partial charge in [0.05, 0.1) is 13.2 Å². The minimum Gasteiger partial charge on any atom is -0.494 e. The van der Waals surface area contributed by atoms with E-state index in [2.05, 4.69) is 10.3 Å². The summed E-state index contributed by atoms with van der Waals surface area (Å²) in [5.74, 6) is -1.15. The average Bonchev–Trinajstić information content (AvgIpc) is 3.34.